The molecular formula is C23H17ClN6OS. The number of para-hydroxylation sites is 1. The molecule has 2 heterocycles. The SMILES string of the molecule is Cc1c(Cl)cccc1-n1c(SCC(=O)Nc2ccccc2C#N)nnc1-c1ccncc1. The number of pyridine rings is 1. The van der Waals surface area contributed by atoms with E-state index in [2.05, 4.69) is 26.6 Å². The number of amides is 1. The lowest BCUT2D eigenvalue weighted by Crippen LogP contribution is -2.15. The van der Waals surface area contributed by atoms with Crippen LogP contribution in [0.2, 0.25) is 5.02 Å². The third kappa shape index (κ3) is 4.49. The average molecular weight is 461 g/mol. The highest BCUT2D eigenvalue weighted by molar-refractivity contribution is 7.99. The maximum absolute atomic E-state index is 12.6. The minimum atomic E-state index is -0.250. The van der Waals surface area contributed by atoms with Gasteiger partial charge < -0.3 is 5.32 Å². The van der Waals surface area contributed by atoms with Gasteiger partial charge in [-0.2, -0.15) is 5.26 Å². The van der Waals surface area contributed by atoms with E-state index in [0.29, 0.717) is 27.3 Å². The van der Waals surface area contributed by atoms with Crippen LogP contribution in [0.4, 0.5) is 5.69 Å². The first-order chi connectivity index (χ1) is 15.6. The van der Waals surface area contributed by atoms with Gasteiger partial charge in [0.15, 0.2) is 11.0 Å². The molecule has 0 radical (unpaired) electrons. The van der Waals surface area contributed by atoms with Gasteiger partial charge in [-0.25, -0.2) is 0 Å². The number of anilines is 1. The molecule has 9 heteroatoms. The van der Waals surface area contributed by atoms with Crippen molar-refractivity contribution in [1.82, 2.24) is 19.7 Å². The number of carbonyl (C=O) groups excluding carboxylic acids is 1. The first-order valence-electron chi connectivity index (χ1n) is 9.61. The van der Waals surface area contributed by atoms with E-state index in [1.54, 1.807) is 36.7 Å². The highest BCUT2D eigenvalue weighted by atomic mass is 35.5. The van der Waals surface area contributed by atoms with Gasteiger partial charge in [0.1, 0.15) is 6.07 Å². The number of thioether (sulfide) groups is 1. The molecule has 0 aliphatic rings. The van der Waals surface area contributed by atoms with Crippen LogP contribution in [0.15, 0.2) is 72.1 Å². The van der Waals surface area contributed by atoms with Gasteiger partial charge in [-0.05, 0) is 48.9 Å². The van der Waals surface area contributed by atoms with E-state index in [9.17, 15) is 10.1 Å². The van der Waals surface area contributed by atoms with E-state index in [0.717, 1.165) is 16.8 Å². The molecule has 0 saturated carbocycles. The fourth-order valence-electron chi connectivity index (χ4n) is 3.11. The largest absolute Gasteiger partial charge is 0.324 e. The van der Waals surface area contributed by atoms with Gasteiger partial charge in [0.05, 0.1) is 22.7 Å². The van der Waals surface area contributed by atoms with Crippen molar-refractivity contribution in [2.45, 2.75) is 12.1 Å². The lowest BCUT2D eigenvalue weighted by Gasteiger charge is -2.14. The Morgan fingerprint density at radius 3 is 2.69 bits per heavy atom. The first kappa shape index (κ1) is 21.6. The van der Waals surface area contributed by atoms with Crippen molar-refractivity contribution < 1.29 is 4.79 Å². The molecule has 0 unspecified atom stereocenters. The van der Waals surface area contributed by atoms with Crippen molar-refractivity contribution in [2.75, 3.05) is 11.1 Å². The summed E-state index contributed by atoms with van der Waals surface area (Å²) in [6.07, 6.45) is 3.37. The van der Waals surface area contributed by atoms with Crippen LogP contribution in [0.1, 0.15) is 11.1 Å². The van der Waals surface area contributed by atoms with Crippen molar-refractivity contribution >= 4 is 35.0 Å². The molecule has 32 heavy (non-hydrogen) atoms. The Bertz CT molecular complexity index is 1320. The lowest BCUT2D eigenvalue weighted by atomic mass is 10.2. The fourth-order valence-corrected chi connectivity index (χ4v) is 4.03. The van der Waals surface area contributed by atoms with Crippen LogP contribution in [0, 0.1) is 18.3 Å². The summed E-state index contributed by atoms with van der Waals surface area (Å²) in [7, 11) is 0. The Labute approximate surface area is 194 Å². The maximum atomic E-state index is 12.6. The summed E-state index contributed by atoms with van der Waals surface area (Å²) in [6, 6.07) is 18.3. The number of nitrogens with one attached hydrogen (secondary N) is 1. The molecule has 0 saturated heterocycles. The van der Waals surface area contributed by atoms with Gasteiger partial charge in [-0.15, -0.1) is 10.2 Å². The third-order valence-corrected chi connectivity index (χ3v) is 6.04. The number of carbonyl (C=O) groups is 1. The normalized spacial score (nSPS) is 10.5. The molecule has 7 nitrogen and oxygen atoms in total. The van der Waals surface area contributed by atoms with Crippen molar-refractivity contribution in [3.05, 3.63) is 83.1 Å². The minimum absolute atomic E-state index is 0.0911. The molecule has 158 valence electrons. The van der Waals surface area contributed by atoms with Crippen LogP contribution in [0.25, 0.3) is 17.1 Å². The monoisotopic (exact) mass is 460 g/mol. The molecule has 0 fully saturated rings. The first-order valence-corrected chi connectivity index (χ1v) is 11.0. The topological polar surface area (TPSA) is 96.5 Å². The van der Waals surface area contributed by atoms with Crippen molar-refractivity contribution in [1.29, 1.82) is 5.26 Å². The second-order valence-corrected chi connectivity index (χ2v) is 8.11. The number of benzene rings is 2. The van der Waals surface area contributed by atoms with E-state index < -0.39 is 0 Å². The Balaban J connectivity index is 1.64. The number of hydrogen-bond acceptors (Lipinski definition) is 6. The summed E-state index contributed by atoms with van der Waals surface area (Å²) in [5, 5.41) is 21.9. The maximum Gasteiger partial charge on any atom is 0.234 e. The molecule has 2 aromatic heterocycles. The van der Waals surface area contributed by atoms with E-state index in [1.807, 2.05) is 41.8 Å². The summed E-state index contributed by atoms with van der Waals surface area (Å²) in [4.78, 5) is 16.6. The van der Waals surface area contributed by atoms with Gasteiger partial charge in [0.2, 0.25) is 5.91 Å². The molecule has 4 rings (SSSR count). The summed E-state index contributed by atoms with van der Waals surface area (Å²) < 4.78 is 1.89. The number of aromatic nitrogens is 4. The zero-order valence-corrected chi connectivity index (χ0v) is 18.6. The Kier molecular flexibility index (Phi) is 6.50. The zero-order valence-electron chi connectivity index (χ0n) is 17.0. The van der Waals surface area contributed by atoms with Gasteiger partial charge in [-0.3, -0.25) is 14.3 Å². The van der Waals surface area contributed by atoms with E-state index >= 15 is 0 Å². The number of nitriles is 1. The van der Waals surface area contributed by atoms with Crippen LogP contribution < -0.4 is 5.32 Å². The fraction of sp³-hybridized carbons (Fsp3) is 0.0870. The van der Waals surface area contributed by atoms with Crippen molar-refractivity contribution in [3.63, 3.8) is 0 Å². The van der Waals surface area contributed by atoms with E-state index in [-0.39, 0.29) is 11.7 Å². The van der Waals surface area contributed by atoms with Crippen molar-refractivity contribution in [2.24, 2.45) is 0 Å². The third-order valence-electron chi connectivity index (χ3n) is 4.71. The number of nitrogens with zero attached hydrogens (tertiary/aromatic N) is 5. The molecular weight excluding hydrogens is 444 g/mol. The van der Waals surface area contributed by atoms with E-state index in [1.165, 1.54) is 11.8 Å². The smallest absolute Gasteiger partial charge is 0.234 e. The summed E-state index contributed by atoms with van der Waals surface area (Å²) in [6.45, 7) is 1.92. The van der Waals surface area contributed by atoms with Crippen LogP contribution >= 0.6 is 23.4 Å². The molecule has 0 aliphatic carbocycles. The second kappa shape index (κ2) is 9.64. The second-order valence-electron chi connectivity index (χ2n) is 6.76. The van der Waals surface area contributed by atoms with Gasteiger partial charge in [0.25, 0.3) is 0 Å². The predicted molar refractivity (Wildman–Crippen MR) is 125 cm³/mol. The summed E-state index contributed by atoms with van der Waals surface area (Å²) >= 11 is 7.61. The highest BCUT2D eigenvalue weighted by Crippen LogP contribution is 2.31. The highest BCUT2D eigenvalue weighted by Gasteiger charge is 2.19. The molecule has 1 amide bonds. The molecule has 0 aliphatic heterocycles. The lowest BCUT2D eigenvalue weighted by molar-refractivity contribution is -0.113. The number of rotatable bonds is 6. The summed E-state index contributed by atoms with van der Waals surface area (Å²) in [5.74, 6) is 0.462. The molecule has 4 aromatic rings. The summed E-state index contributed by atoms with van der Waals surface area (Å²) in [5.41, 5.74) is 3.42. The number of halogens is 1. The predicted octanol–water partition coefficient (Wildman–Crippen LogP) is 4.89. The Hall–Kier alpha value is -3.67. The molecule has 0 bridgehead atoms. The standard InChI is InChI=1S/C23H17ClN6OS/c1-15-18(24)6-4-8-20(15)30-22(16-9-11-26-12-10-16)28-29-23(30)32-14-21(31)27-19-7-3-2-5-17(19)13-25/h2-12H,14H2,1H3,(H,27,31). The van der Waals surface area contributed by atoms with Gasteiger partial charge in [-0.1, -0.05) is 41.6 Å². The Morgan fingerprint density at radius 2 is 1.91 bits per heavy atom. The molecule has 1 N–H and O–H groups in total. The van der Waals surface area contributed by atoms with Crippen molar-refractivity contribution in [3.8, 4) is 23.1 Å². The molecule has 2 aromatic carbocycles. The van der Waals surface area contributed by atoms with Gasteiger partial charge >= 0.3 is 0 Å². The average Bonchev–Trinajstić information content (AvgIpc) is 3.24. The number of hydrogen-bond donors (Lipinski definition) is 1. The minimum Gasteiger partial charge on any atom is -0.324 e. The van der Waals surface area contributed by atoms with E-state index in [4.69, 9.17) is 11.6 Å². The van der Waals surface area contributed by atoms with Crippen LogP contribution in [-0.2, 0) is 4.79 Å². The molecule has 0 atom stereocenters. The zero-order chi connectivity index (χ0) is 22.5. The van der Waals surface area contributed by atoms with Gasteiger partial charge in [0, 0.05) is 23.0 Å². The molecule has 0 spiro atoms. The van der Waals surface area contributed by atoms with Crippen LogP contribution in [-0.4, -0.2) is 31.4 Å². The Morgan fingerprint density at radius 1 is 1.12 bits per heavy atom. The van der Waals surface area contributed by atoms with Crippen LogP contribution in [0.5, 0.6) is 0 Å². The van der Waals surface area contributed by atoms with Crippen LogP contribution in [0.3, 0.4) is 0 Å². The quantitative estimate of drug-likeness (QED) is 0.411.